The van der Waals surface area contributed by atoms with Gasteiger partial charge in [-0.25, -0.2) is 0 Å². The van der Waals surface area contributed by atoms with Crippen molar-refractivity contribution in [2.24, 2.45) is 0 Å². The smallest absolute Gasteiger partial charge is 0.257 e. The summed E-state index contributed by atoms with van der Waals surface area (Å²) < 4.78 is -0.510. The summed E-state index contributed by atoms with van der Waals surface area (Å²) in [5.74, 6) is -1.93. The van der Waals surface area contributed by atoms with Crippen LogP contribution in [-0.2, 0) is 4.79 Å². The fourth-order valence-electron chi connectivity index (χ4n) is 3.17. The van der Waals surface area contributed by atoms with Crippen LogP contribution in [0, 0.1) is 3.57 Å². The van der Waals surface area contributed by atoms with Crippen molar-refractivity contribution in [1.29, 1.82) is 0 Å². The van der Waals surface area contributed by atoms with Crippen LogP contribution in [0.5, 0.6) is 0 Å². The van der Waals surface area contributed by atoms with Crippen molar-refractivity contribution in [3.05, 3.63) is 90.4 Å². The average molecular weight is 657 g/mol. The molecule has 4 nitrogen and oxygen atoms in total. The SMILES string of the molecule is CC(Cl)(Cl)C(C(=O)Nc1ccc(Cl)c(C(=O)Nc2cccc(I)c2)c1)c1cc(Cl)cc(Cl)c1. The van der Waals surface area contributed by atoms with Crippen molar-refractivity contribution in [3.8, 4) is 0 Å². The summed E-state index contributed by atoms with van der Waals surface area (Å²) in [5, 5.41) is 6.45. The molecule has 3 rings (SSSR count). The van der Waals surface area contributed by atoms with Gasteiger partial charge in [0.25, 0.3) is 5.91 Å². The van der Waals surface area contributed by atoms with Gasteiger partial charge in [-0.3, -0.25) is 9.59 Å². The van der Waals surface area contributed by atoms with Crippen LogP contribution in [0.15, 0.2) is 60.7 Å². The van der Waals surface area contributed by atoms with E-state index >= 15 is 0 Å². The fourth-order valence-corrected chi connectivity index (χ4v) is 4.91. The molecule has 3 aromatic carbocycles. The van der Waals surface area contributed by atoms with Crippen molar-refractivity contribution in [1.82, 2.24) is 0 Å². The topological polar surface area (TPSA) is 58.2 Å². The number of amides is 2. The van der Waals surface area contributed by atoms with Crippen LogP contribution in [0.25, 0.3) is 0 Å². The molecule has 0 fully saturated rings. The molecule has 2 N–H and O–H groups in total. The van der Waals surface area contributed by atoms with Gasteiger partial charge in [0, 0.05) is 25.0 Å². The number of hydrogen-bond acceptors (Lipinski definition) is 2. The Morgan fingerprint density at radius 2 is 1.52 bits per heavy atom. The van der Waals surface area contributed by atoms with Gasteiger partial charge in [0.05, 0.1) is 16.5 Å². The van der Waals surface area contributed by atoms with Gasteiger partial charge in [-0.15, -0.1) is 23.2 Å². The van der Waals surface area contributed by atoms with Crippen molar-refractivity contribution in [2.45, 2.75) is 17.2 Å². The van der Waals surface area contributed by atoms with E-state index in [1.165, 1.54) is 19.1 Å². The van der Waals surface area contributed by atoms with Gasteiger partial charge >= 0.3 is 0 Å². The molecule has 33 heavy (non-hydrogen) atoms. The normalized spacial score (nSPS) is 12.2. The Morgan fingerprint density at radius 1 is 0.879 bits per heavy atom. The first-order chi connectivity index (χ1) is 15.4. The zero-order valence-electron chi connectivity index (χ0n) is 16.9. The Bertz CT molecular complexity index is 1190. The van der Waals surface area contributed by atoms with Gasteiger partial charge in [0.2, 0.25) is 5.91 Å². The maximum atomic E-state index is 13.2. The summed E-state index contributed by atoms with van der Waals surface area (Å²) in [7, 11) is 0. The first-order valence-corrected chi connectivity index (χ1v) is 12.4. The van der Waals surface area contributed by atoms with Crippen molar-refractivity contribution in [3.63, 3.8) is 0 Å². The Kier molecular flexibility index (Phi) is 8.81. The van der Waals surface area contributed by atoms with E-state index in [-0.39, 0.29) is 10.6 Å². The molecular formula is C23H16Cl5IN2O2. The lowest BCUT2D eigenvalue weighted by molar-refractivity contribution is -0.117. The molecule has 0 bridgehead atoms. The van der Waals surface area contributed by atoms with E-state index in [2.05, 4.69) is 33.2 Å². The van der Waals surface area contributed by atoms with E-state index in [0.29, 0.717) is 27.0 Å². The third-order valence-electron chi connectivity index (χ3n) is 4.55. The zero-order chi connectivity index (χ0) is 24.3. The molecule has 0 aliphatic rings. The van der Waals surface area contributed by atoms with E-state index in [1.807, 2.05) is 18.2 Å². The average Bonchev–Trinajstić information content (AvgIpc) is 2.67. The van der Waals surface area contributed by atoms with Crippen LogP contribution in [0.4, 0.5) is 11.4 Å². The predicted molar refractivity (Wildman–Crippen MR) is 147 cm³/mol. The molecule has 1 unspecified atom stereocenters. The maximum Gasteiger partial charge on any atom is 0.257 e. The number of rotatable bonds is 6. The molecule has 0 heterocycles. The summed E-state index contributed by atoms with van der Waals surface area (Å²) in [6.45, 7) is 1.50. The lowest BCUT2D eigenvalue weighted by atomic mass is 9.94. The summed E-state index contributed by atoms with van der Waals surface area (Å²) >= 11 is 33.3. The van der Waals surface area contributed by atoms with E-state index < -0.39 is 22.1 Å². The molecule has 0 aromatic heterocycles. The van der Waals surface area contributed by atoms with Crippen LogP contribution >= 0.6 is 80.6 Å². The Balaban J connectivity index is 1.87. The first-order valence-electron chi connectivity index (χ1n) is 9.45. The first kappa shape index (κ1) is 26.4. The van der Waals surface area contributed by atoms with Gasteiger partial charge in [-0.1, -0.05) is 40.9 Å². The van der Waals surface area contributed by atoms with Crippen LogP contribution < -0.4 is 10.6 Å². The van der Waals surface area contributed by atoms with Crippen molar-refractivity contribution in [2.75, 3.05) is 10.6 Å². The highest BCUT2D eigenvalue weighted by Gasteiger charge is 2.37. The minimum atomic E-state index is -1.48. The third-order valence-corrected chi connectivity index (χ3v) is 6.42. The molecule has 0 saturated carbocycles. The summed E-state index contributed by atoms with van der Waals surface area (Å²) in [6.07, 6.45) is 0. The summed E-state index contributed by atoms with van der Waals surface area (Å²) in [5.41, 5.74) is 1.60. The molecule has 172 valence electrons. The van der Waals surface area contributed by atoms with E-state index in [9.17, 15) is 9.59 Å². The summed E-state index contributed by atoms with van der Waals surface area (Å²) in [6, 6.07) is 16.6. The number of anilines is 2. The van der Waals surface area contributed by atoms with Crippen LogP contribution in [0.2, 0.25) is 15.1 Å². The molecule has 0 spiro atoms. The molecule has 0 radical (unpaired) electrons. The number of carbonyl (C=O) groups is 2. The molecule has 0 saturated heterocycles. The largest absolute Gasteiger partial charge is 0.325 e. The highest BCUT2D eigenvalue weighted by atomic mass is 127. The second-order valence-corrected chi connectivity index (χ2v) is 11.5. The number of hydrogen-bond donors (Lipinski definition) is 2. The monoisotopic (exact) mass is 654 g/mol. The minimum Gasteiger partial charge on any atom is -0.325 e. The quantitative estimate of drug-likeness (QED) is 0.207. The molecule has 2 amide bonds. The lowest BCUT2D eigenvalue weighted by Crippen LogP contribution is -2.32. The fraction of sp³-hybridized carbons (Fsp3) is 0.130. The lowest BCUT2D eigenvalue weighted by Gasteiger charge is -2.26. The number of nitrogens with one attached hydrogen (secondary N) is 2. The Hall–Kier alpha value is -1.22. The van der Waals surface area contributed by atoms with Gasteiger partial charge in [-0.05, 0) is 89.7 Å². The molecule has 10 heteroatoms. The van der Waals surface area contributed by atoms with Crippen molar-refractivity contribution >= 4 is 104 Å². The van der Waals surface area contributed by atoms with E-state index in [1.54, 1.807) is 30.3 Å². The second-order valence-electron chi connectivity index (χ2n) is 7.24. The van der Waals surface area contributed by atoms with E-state index in [0.717, 1.165) is 3.57 Å². The van der Waals surface area contributed by atoms with E-state index in [4.69, 9.17) is 58.0 Å². The molecule has 3 aromatic rings. The number of halogens is 6. The highest BCUT2D eigenvalue weighted by Crippen LogP contribution is 2.40. The van der Waals surface area contributed by atoms with Crippen LogP contribution in [0.1, 0.15) is 28.8 Å². The minimum absolute atomic E-state index is 0.190. The zero-order valence-corrected chi connectivity index (χ0v) is 22.9. The standard InChI is InChI=1S/C23H16Cl5IN2O2/c1-23(27,28)20(12-7-13(24)9-14(25)8-12)22(33)31-17-5-6-19(26)18(11-17)21(32)30-16-4-2-3-15(29)10-16/h2-11,20H,1H3,(H,30,32)(H,31,33). The number of carbonyl (C=O) groups excluding carboxylic acids is 2. The van der Waals surface area contributed by atoms with Crippen molar-refractivity contribution < 1.29 is 9.59 Å². The van der Waals surface area contributed by atoms with Gasteiger partial charge in [0.1, 0.15) is 4.33 Å². The maximum absolute atomic E-state index is 13.2. The molecule has 0 aliphatic carbocycles. The Labute approximate surface area is 230 Å². The highest BCUT2D eigenvalue weighted by molar-refractivity contribution is 14.1. The van der Waals surface area contributed by atoms with Gasteiger partial charge in [-0.2, -0.15) is 0 Å². The number of alkyl halides is 2. The number of benzene rings is 3. The van der Waals surface area contributed by atoms with Crippen LogP contribution in [0.3, 0.4) is 0 Å². The Morgan fingerprint density at radius 3 is 2.12 bits per heavy atom. The molecule has 0 aliphatic heterocycles. The van der Waals surface area contributed by atoms with Gasteiger partial charge < -0.3 is 10.6 Å². The molecule has 1 atom stereocenters. The third kappa shape index (κ3) is 7.13. The van der Waals surface area contributed by atoms with Gasteiger partial charge in [0.15, 0.2) is 0 Å². The molecular weight excluding hydrogens is 640 g/mol. The predicted octanol–water partition coefficient (Wildman–Crippen LogP) is 8.42. The van der Waals surface area contributed by atoms with Crippen LogP contribution in [-0.4, -0.2) is 16.1 Å². The summed E-state index contributed by atoms with van der Waals surface area (Å²) in [4.78, 5) is 26.0. The second kappa shape index (κ2) is 11.0.